The Morgan fingerprint density at radius 2 is 0.700 bits per heavy atom. The highest BCUT2D eigenvalue weighted by Gasteiger charge is 2.10. The lowest BCUT2D eigenvalue weighted by Gasteiger charge is -2.04. The van der Waals surface area contributed by atoms with Crippen molar-refractivity contribution in [1.29, 1.82) is 0 Å². The standard InChI is InChI=1S/C38H50N2/c1-3-5-7-9-11-13-15-33-17-21-37(22-18-33)39-29-25-35(26-30-39)36-27-31-40(32-28-36)38-23-19-34(20-24-38)16-14-12-10-8-6-4-2/h17-32H,3-16H2,1-2H3/q+2. The third-order valence-electron chi connectivity index (χ3n) is 8.10. The van der Waals surface area contributed by atoms with Gasteiger partial charge in [-0.15, -0.1) is 0 Å². The molecule has 0 fully saturated rings. The van der Waals surface area contributed by atoms with Crippen molar-refractivity contribution in [3.63, 3.8) is 0 Å². The molecule has 0 aliphatic heterocycles. The van der Waals surface area contributed by atoms with Gasteiger partial charge in [-0.1, -0.05) is 102 Å². The van der Waals surface area contributed by atoms with Gasteiger partial charge in [0.05, 0.1) is 0 Å². The Hall–Kier alpha value is -3.26. The molecule has 0 amide bonds. The lowest BCUT2D eigenvalue weighted by atomic mass is 10.0. The van der Waals surface area contributed by atoms with Crippen LogP contribution in [0.4, 0.5) is 0 Å². The first-order valence-electron chi connectivity index (χ1n) is 16.0. The van der Waals surface area contributed by atoms with E-state index in [9.17, 15) is 0 Å². The van der Waals surface area contributed by atoms with Gasteiger partial charge in [-0.2, -0.15) is 9.13 Å². The molecule has 0 saturated carbocycles. The molecular formula is C38H50N2+2. The van der Waals surface area contributed by atoms with Crippen LogP contribution < -0.4 is 9.13 Å². The van der Waals surface area contributed by atoms with Gasteiger partial charge < -0.3 is 0 Å². The van der Waals surface area contributed by atoms with Crippen molar-refractivity contribution in [1.82, 2.24) is 0 Å². The van der Waals surface area contributed by atoms with Crippen LogP contribution >= 0.6 is 0 Å². The molecule has 4 aromatic rings. The molecule has 0 N–H and O–H groups in total. The maximum atomic E-state index is 2.29. The van der Waals surface area contributed by atoms with Crippen molar-refractivity contribution in [2.75, 3.05) is 0 Å². The normalized spacial score (nSPS) is 11.2. The number of hydrogen-bond acceptors (Lipinski definition) is 0. The van der Waals surface area contributed by atoms with Gasteiger partial charge in [0.25, 0.3) is 0 Å². The first-order chi connectivity index (χ1) is 19.8. The number of nitrogens with zero attached hydrogens (tertiary/aromatic N) is 2. The Kier molecular flexibility index (Phi) is 12.4. The third-order valence-corrected chi connectivity index (χ3v) is 8.10. The molecule has 2 aromatic carbocycles. The highest BCUT2D eigenvalue weighted by molar-refractivity contribution is 5.61. The number of unbranched alkanes of at least 4 members (excludes halogenated alkanes) is 10. The quantitative estimate of drug-likeness (QED) is 0.0941. The molecule has 0 saturated heterocycles. The van der Waals surface area contributed by atoms with E-state index in [4.69, 9.17) is 0 Å². The summed E-state index contributed by atoms with van der Waals surface area (Å²) in [6, 6.07) is 27.0. The van der Waals surface area contributed by atoms with Gasteiger partial charge in [0, 0.05) is 48.5 Å². The second kappa shape index (κ2) is 16.8. The topological polar surface area (TPSA) is 7.76 Å². The van der Waals surface area contributed by atoms with Crippen molar-refractivity contribution in [3.05, 3.63) is 109 Å². The molecule has 2 aromatic heterocycles. The van der Waals surface area contributed by atoms with Crippen molar-refractivity contribution in [2.24, 2.45) is 0 Å². The van der Waals surface area contributed by atoms with Gasteiger partial charge in [0.15, 0.2) is 24.8 Å². The summed E-state index contributed by atoms with van der Waals surface area (Å²) in [6.07, 6.45) is 27.3. The number of benzene rings is 2. The molecule has 2 nitrogen and oxygen atoms in total. The molecule has 2 heteroatoms. The van der Waals surface area contributed by atoms with Crippen LogP contribution in [0.25, 0.3) is 22.5 Å². The molecule has 0 unspecified atom stereocenters. The zero-order chi connectivity index (χ0) is 27.8. The minimum atomic E-state index is 1.19. The Morgan fingerprint density at radius 1 is 0.375 bits per heavy atom. The summed E-state index contributed by atoms with van der Waals surface area (Å²) in [4.78, 5) is 0. The fraction of sp³-hybridized carbons (Fsp3) is 0.421. The summed E-state index contributed by atoms with van der Waals surface area (Å²) in [7, 11) is 0. The summed E-state index contributed by atoms with van der Waals surface area (Å²) in [5.74, 6) is 0. The van der Waals surface area contributed by atoms with Crippen molar-refractivity contribution in [3.8, 4) is 22.5 Å². The van der Waals surface area contributed by atoms with E-state index in [1.807, 2.05) is 0 Å². The predicted molar refractivity (Wildman–Crippen MR) is 169 cm³/mol. The average Bonchev–Trinajstić information content (AvgIpc) is 3.01. The van der Waals surface area contributed by atoms with Gasteiger partial charge in [0.2, 0.25) is 11.4 Å². The minimum Gasteiger partial charge on any atom is -0.167 e. The Bertz CT molecular complexity index is 1120. The van der Waals surface area contributed by atoms with Crippen LogP contribution in [0, 0.1) is 0 Å². The molecule has 0 aliphatic carbocycles. The first kappa shape index (κ1) is 29.7. The van der Waals surface area contributed by atoms with Gasteiger partial charge in [-0.05, 0) is 47.9 Å². The van der Waals surface area contributed by atoms with Crippen LogP contribution in [0.15, 0.2) is 97.6 Å². The van der Waals surface area contributed by atoms with E-state index in [0.717, 1.165) is 0 Å². The Balaban J connectivity index is 1.27. The van der Waals surface area contributed by atoms with Gasteiger partial charge in [0.1, 0.15) is 0 Å². The maximum absolute atomic E-state index is 2.29. The first-order valence-corrected chi connectivity index (χ1v) is 16.0. The lowest BCUT2D eigenvalue weighted by Crippen LogP contribution is -2.29. The minimum absolute atomic E-state index is 1.19. The Morgan fingerprint density at radius 3 is 1.05 bits per heavy atom. The highest BCUT2D eigenvalue weighted by atomic mass is 14.9. The van der Waals surface area contributed by atoms with Crippen LogP contribution in [-0.2, 0) is 12.8 Å². The average molecular weight is 535 g/mol. The van der Waals surface area contributed by atoms with E-state index in [0.29, 0.717) is 0 Å². The van der Waals surface area contributed by atoms with Crippen LogP contribution in [0.3, 0.4) is 0 Å². The van der Waals surface area contributed by atoms with Crippen molar-refractivity contribution < 1.29 is 9.13 Å². The molecule has 210 valence electrons. The highest BCUT2D eigenvalue weighted by Crippen LogP contribution is 2.18. The largest absolute Gasteiger partial charge is 0.210 e. The SMILES string of the molecule is CCCCCCCCc1ccc(-[n+]2ccc(-c3cc[n+](-c4ccc(CCCCCCCC)cc4)cc3)cc2)cc1. The zero-order valence-electron chi connectivity index (χ0n) is 25.0. The predicted octanol–water partition coefficient (Wildman–Crippen LogP) is 9.71. The van der Waals surface area contributed by atoms with E-state index in [-0.39, 0.29) is 0 Å². The maximum Gasteiger partial charge on any atom is 0.210 e. The fourth-order valence-electron chi connectivity index (χ4n) is 5.47. The van der Waals surface area contributed by atoms with Crippen molar-refractivity contribution >= 4 is 0 Å². The summed E-state index contributed by atoms with van der Waals surface area (Å²) < 4.78 is 4.40. The molecule has 4 rings (SSSR count). The van der Waals surface area contributed by atoms with E-state index in [1.165, 1.54) is 124 Å². The van der Waals surface area contributed by atoms with E-state index >= 15 is 0 Å². The molecule has 0 radical (unpaired) electrons. The van der Waals surface area contributed by atoms with Crippen molar-refractivity contribution in [2.45, 2.75) is 104 Å². The third kappa shape index (κ3) is 9.44. The molecule has 0 aliphatic rings. The molecule has 40 heavy (non-hydrogen) atoms. The smallest absolute Gasteiger partial charge is 0.167 e. The van der Waals surface area contributed by atoms with Crippen LogP contribution in [0.2, 0.25) is 0 Å². The molecule has 0 atom stereocenters. The summed E-state index contributed by atoms with van der Waals surface area (Å²) >= 11 is 0. The monoisotopic (exact) mass is 534 g/mol. The molecular weight excluding hydrogens is 484 g/mol. The zero-order valence-corrected chi connectivity index (χ0v) is 25.0. The van der Waals surface area contributed by atoms with E-state index in [2.05, 4.69) is 121 Å². The van der Waals surface area contributed by atoms with Gasteiger partial charge >= 0.3 is 0 Å². The van der Waals surface area contributed by atoms with E-state index in [1.54, 1.807) is 0 Å². The van der Waals surface area contributed by atoms with Gasteiger partial charge in [-0.3, -0.25) is 0 Å². The Labute approximate surface area is 243 Å². The number of hydrogen-bond donors (Lipinski definition) is 0. The lowest BCUT2D eigenvalue weighted by molar-refractivity contribution is -0.596. The summed E-state index contributed by atoms with van der Waals surface area (Å²) in [6.45, 7) is 4.56. The van der Waals surface area contributed by atoms with Crippen LogP contribution in [0.1, 0.15) is 102 Å². The molecule has 0 spiro atoms. The second-order valence-corrected chi connectivity index (χ2v) is 11.4. The summed E-state index contributed by atoms with van der Waals surface area (Å²) in [5.41, 5.74) is 7.78. The number of aryl methyl sites for hydroxylation is 2. The van der Waals surface area contributed by atoms with Crippen LogP contribution in [0.5, 0.6) is 0 Å². The second-order valence-electron chi connectivity index (χ2n) is 11.4. The number of aromatic nitrogens is 2. The fourth-order valence-corrected chi connectivity index (χ4v) is 5.47. The number of rotatable bonds is 17. The molecule has 2 heterocycles. The van der Waals surface area contributed by atoms with Gasteiger partial charge in [-0.25, -0.2) is 0 Å². The van der Waals surface area contributed by atoms with E-state index < -0.39 is 0 Å². The van der Waals surface area contributed by atoms with Crippen LogP contribution in [-0.4, -0.2) is 0 Å². The number of pyridine rings is 2. The molecule has 0 bridgehead atoms. The summed E-state index contributed by atoms with van der Waals surface area (Å²) in [5, 5.41) is 0.